The van der Waals surface area contributed by atoms with Gasteiger partial charge in [-0.2, -0.15) is 0 Å². The van der Waals surface area contributed by atoms with Crippen LogP contribution in [-0.2, 0) is 10.8 Å². The van der Waals surface area contributed by atoms with E-state index in [-0.39, 0.29) is 10.8 Å². The molecule has 0 aliphatic rings. The molecule has 4 heterocycles. The topological polar surface area (TPSA) is 12.1 Å². The fourth-order valence-corrected chi connectivity index (χ4v) is 10.8. The summed E-state index contributed by atoms with van der Waals surface area (Å²) in [5.41, 5.74) is 13.6. The first-order valence-electron chi connectivity index (χ1n) is 21.7. The number of rotatable bonds is 3. The van der Waals surface area contributed by atoms with Gasteiger partial charge in [0.15, 0.2) is 0 Å². The molecule has 0 saturated heterocycles. The van der Waals surface area contributed by atoms with Crippen molar-refractivity contribution < 1.29 is 0 Å². The second-order valence-electron chi connectivity index (χ2n) is 19.4. The molecule has 9 aromatic carbocycles. The molecule has 0 aliphatic carbocycles. The highest BCUT2D eigenvalue weighted by atomic mass is 15.2. The van der Waals surface area contributed by atoms with Crippen LogP contribution in [0, 0.1) is 0 Å². The van der Waals surface area contributed by atoms with E-state index >= 15 is 0 Å². The summed E-state index contributed by atoms with van der Waals surface area (Å²) in [6, 6.07) is 61.8. The van der Waals surface area contributed by atoms with Crippen LogP contribution in [0.25, 0.3) is 97.7 Å². The summed E-state index contributed by atoms with van der Waals surface area (Å²) in [5.74, 6) is 0. The maximum atomic E-state index is 2.63. The van der Waals surface area contributed by atoms with Crippen LogP contribution in [0.3, 0.4) is 0 Å². The highest BCUT2D eigenvalue weighted by Crippen LogP contribution is 2.52. The second-order valence-corrected chi connectivity index (χ2v) is 19.4. The number of nitrogens with zero attached hydrogens (tertiary/aromatic N) is 3. The molecular formula is C58H45N3. The fourth-order valence-electron chi connectivity index (χ4n) is 10.8. The third kappa shape index (κ3) is 4.64. The Kier molecular flexibility index (Phi) is 6.72. The summed E-state index contributed by atoms with van der Waals surface area (Å²) in [6.07, 6.45) is 0. The first-order valence-corrected chi connectivity index (χ1v) is 21.7. The summed E-state index contributed by atoms with van der Waals surface area (Å²) in [4.78, 5) is 2.48. The largest absolute Gasteiger partial charge is 0.308 e. The summed E-state index contributed by atoms with van der Waals surface area (Å²) >= 11 is 0. The van der Waals surface area contributed by atoms with Crippen LogP contribution in [0.15, 0.2) is 164 Å². The molecule has 0 bridgehead atoms. The number of para-hydroxylation sites is 2. The van der Waals surface area contributed by atoms with Crippen LogP contribution in [0.5, 0.6) is 0 Å². The minimum Gasteiger partial charge on any atom is -0.308 e. The van der Waals surface area contributed by atoms with E-state index in [1.54, 1.807) is 0 Å². The quantitative estimate of drug-likeness (QED) is 0.174. The Hall–Kier alpha value is -7.10. The van der Waals surface area contributed by atoms with Gasteiger partial charge in [0.2, 0.25) is 0 Å². The van der Waals surface area contributed by atoms with Gasteiger partial charge in [0.1, 0.15) is 0 Å². The van der Waals surface area contributed by atoms with Crippen molar-refractivity contribution in [2.24, 2.45) is 0 Å². The predicted octanol–water partition coefficient (Wildman–Crippen LogP) is 16.4. The molecule has 0 amide bonds. The van der Waals surface area contributed by atoms with Gasteiger partial charge in [0.25, 0.3) is 0 Å². The zero-order valence-corrected chi connectivity index (χ0v) is 35.4. The van der Waals surface area contributed by atoms with Crippen molar-refractivity contribution in [1.29, 1.82) is 0 Å². The van der Waals surface area contributed by atoms with E-state index in [9.17, 15) is 0 Å². The van der Waals surface area contributed by atoms with Crippen molar-refractivity contribution in [2.75, 3.05) is 4.90 Å². The number of fused-ring (bicyclic) bond motifs is 16. The smallest absolute Gasteiger partial charge is 0.0783 e. The summed E-state index contributed by atoms with van der Waals surface area (Å²) in [7, 11) is 0. The highest BCUT2D eigenvalue weighted by Gasteiger charge is 2.30. The zero-order valence-electron chi connectivity index (χ0n) is 35.4. The molecule has 0 N–H and O–H groups in total. The highest BCUT2D eigenvalue weighted by molar-refractivity contribution is 6.39. The summed E-state index contributed by atoms with van der Waals surface area (Å²) in [5, 5.41) is 15.7. The molecule has 61 heavy (non-hydrogen) atoms. The van der Waals surface area contributed by atoms with Gasteiger partial charge in [-0.25, -0.2) is 0 Å². The van der Waals surface area contributed by atoms with Crippen LogP contribution in [0.4, 0.5) is 17.1 Å². The second kappa shape index (κ2) is 11.8. The Labute approximate surface area is 354 Å². The molecule has 3 heteroatoms. The van der Waals surface area contributed by atoms with Crippen molar-refractivity contribution in [3.63, 3.8) is 0 Å². The first kappa shape index (κ1) is 34.7. The lowest BCUT2D eigenvalue weighted by molar-refractivity contribution is 0.591. The van der Waals surface area contributed by atoms with Crippen LogP contribution in [-0.4, -0.2) is 8.80 Å². The van der Waals surface area contributed by atoms with E-state index in [0.29, 0.717) is 0 Å². The van der Waals surface area contributed by atoms with Crippen LogP contribution in [0.1, 0.15) is 52.7 Å². The molecule has 0 radical (unpaired) electrons. The Morgan fingerprint density at radius 2 is 0.836 bits per heavy atom. The Bertz CT molecular complexity index is 3890. The zero-order chi connectivity index (χ0) is 41.1. The lowest BCUT2D eigenvalue weighted by Crippen LogP contribution is -2.15. The van der Waals surface area contributed by atoms with E-state index in [1.807, 2.05) is 0 Å². The lowest BCUT2D eigenvalue weighted by Gasteiger charge is -2.29. The molecule has 0 spiro atoms. The standard InChI is InChI=1S/C58H45N3/c1-57(2,3)37-30-43-42-27-34-17-13-14-18-35(34)29-49(42)60-47-25-26-48-52(53(47)46(31-37)54(43)60)44-28-36-19-15-16-24-41(36)51-45-32-38(58(4,5)6)33-50(55(45)61(48)56(44)51)59(39-20-9-7-10-21-39)40-22-11-8-12-23-40/h7-33H,1-6H3. The van der Waals surface area contributed by atoms with Crippen molar-refractivity contribution in [2.45, 2.75) is 52.4 Å². The number of hydrogen-bond acceptors (Lipinski definition) is 1. The molecule has 0 saturated carbocycles. The Morgan fingerprint density at radius 1 is 0.344 bits per heavy atom. The van der Waals surface area contributed by atoms with Crippen molar-refractivity contribution >= 4 is 115 Å². The van der Waals surface area contributed by atoms with Crippen LogP contribution in [0.2, 0.25) is 0 Å². The Balaban J connectivity index is 1.29. The maximum absolute atomic E-state index is 2.63. The van der Waals surface area contributed by atoms with Gasteiger partial charge in [-0.1, -0.05) is 126 Å². The van der Waals surface area contributed by atoms with Gasteiger partial charge in [-0.05, 0) is 122 Å². The normalized spacial score (nSPS) is 13.1. The Morgan fingerprint density at radius 3 is 1.48 bits per heavy atom. The van der Waals surface area contributed by atoms with E-state index < -0.39 is 0 Å². The van der Waals surface area contributed by atoms with Gasteiger partial charge < -0.3 is 13.7 Å². The lowest BCUT2D eigenvalue weighted by atomic mass is 9.85. The summed E-state index contributed by atoms with van der Waals surface area (Å²) < 4.78 is 5.21. The molecule has 3 nitrogen and oxygen atoms in total. The average Bonchev–Trinajstić information content (AvgIpc) is 3.98. The molecule has 0 atom stereocenters. The number of anilines is 3. The van der Waals surface area contributed by atoms with Crippen LogP contribution >= 0.6 is 0 Å². The molecule has 0 fully saturated rings. The molecule has 0 unspecified atom stereocenters. The molecule has 4 aromatic heterocycles. The number of aromatic nitrogens is 2. The molecule has 0 aliphatic heterocycles. The number of hydrogen-bond donors (Lipinski definition) is 0. The minimum atomic E-state index is -0.0856. The van der Waals surface area contributed by atoms with Crippen molar-refractivity contribution in [1.82, 2.24) is 8.80 Å². The predicted molar refractivity (Wildman–Crippen MR) is 263 cm³/mol. The van der Waals surface area contributed by atoms with E-state index in [2.05, 4.69) is 219 Å². The fraction of sp³-hybridized carbons (Fsp3) is 0.138. The van der Waals surface area contributed by atoms with Gasteiger partial charge in [0.05, 0.1) is 38.8 Å². The average molecular weight is 784 g/mol. The molecule has 13 aromatic rings. The van der Waals surface area contributed by atoms with Crippen molar-refractivity contribution in [3.8, 4) is 0 Å². The van der Waals surface area contributed by atoms with Crippen molar-refractivity contribution in [3.05, 3.63) is 175 Å². The minimum absolute atomic E-state index is 0.0354. The van der Waals surface area contributed by atoms with Gasteiger partial charge >= 0.3 is 0 Å². The maximum Gasteiger partial charge on any atom is 0.0783 e. The van der Waals surface area contributed by atoms with E-state index in [4.69, 9.17) is 0 Å². The van der Waals surface area contributed by atoms with Gasteiger partial charge in [-0.15, -0.1) is 0 Å². The number of benzene rings is 9. The third-order valence-electron chi connectivity index (χ3n) is 13.7. The third-order valence-corrected chi connectivity index (χ3v) is 13.7. The van der Waals surface area contributed by atoms with Gasteiger partial charge in [0, 0.05) is 54.5 Å². The molecular weight excluding hydrogens is 739 g/mol. The van der Waals surface area contributed by atoms with E-state index in [1.165, 1.54) is 115 Å². The molecule has 292 valence electrons. The summed E-state index contributed by atoms with van der Waals surface area (Å²) in [6.45, 7) is 14.1. The first-order chi connectivity index (χ1) is 29.5. The monoisotopic (exact) mass is 783 g/mol. The van der Waals surface area contributed by atoms with Crippen LogP contribution < -0.4 is 4.90 Å². The SMILES string of the molecule is CC(C)(C)c1cc(N(c2ccccc2)c2ccccc2)c2c(c1)c1c3ccccc3cc3c4c5c6cc(C(C)(C)C)cc7c8cc9ccccc9cc8n(c5ccc4n2c31)c76. The van der Waals surface area contributed by atoms with Gasteiger partial charge in [-0.3, -0.25) is 0 Å². The van der Waals surface area contributed by atoms with E-state index in [0.717, 1.165) is 11.4 Å². The molecule has 13 rings (SSSR count).